The third kappa shape index (κ3) is 3.97. The molecule has 0 radical (unpaired) electrons. The number of esters is 1. The molecule has 0 atom stereocenters. The number of carbonyl (C=O) groups excluding carboxylic acids is 2. The number of hydrogen-bond acceptors (Lipinski definition) is 5. The van der Waals surface area contributed by atoms with Gasteiger partial charge < -0.3 is 10.1 Å². The van der Waals surface area contributed by atoms with Crippen LogP contribution in [0.4, 0.5) is 5.82 Å². The number of nitrogens with one attached hydrogen (secondary N) is 2. The van der Waals surface area contributed by atoms with Gasteiger partial charge in [-0.3, -0.25) is 9.89 Å². The molecule has 26 heavy (non-hydrogen) atoms. The van der Waals surface area contributed by atoms with Crippen molar-refractivity contribution < 1.29 is 14.3 Å². The maximum Gasteiger partial charge on any atom is 0.356 e. The van der Waals surface area contributed by atoms with Crippen LogP contribution in [0.25, 0.3) is 11.3 Å². The topological polar surface area (TPSA) is 102 Å². The first-order valence-electron chi connectivity index (χ1n) is 8.16. The minimum absolute atomic E-state index is 0.101. The van der Waals surface area contributed by atoms with Crippen molar-refractivity contribution in [3.05, 3.63) is 54.4 Å². The van der Waals surface area contributed by atoms with Crippen LogP contribution in [0, 0.1) is 0 Å². The number of ether oxygens (including phenoxy) is 1. The fraction of sp³-hybridized carbons (Fsp3) is 0.222. The highest BCUT2D eigenvalue weighted by Gasteiger charge is 2.15. The summed E-state index contributed by atoms with van der Waals surface area (Å²) in [6.07, 6.45) is 1.59. The Kier molecular flexibility index (Phi) is 5.12. The predicted molar refractivity (Wildman–Crippen MR) is 95.5 cm³/mol. The Morgan fingerprint density at radius 2 is 2.00 bits per heavy atom. The van der Waals surface area contributed by atoms with E-state index in [1.807, 2.05) is 44.2 Å². The summed E-state index contributed by atoms with van der Waals surface area (Å²) in [5, 5.41) is 13.5. The van der Waals surface area contributed by atoms with Crippen LogP contribution >= 0.6 is 0 Å². The van der Waals surface area contributed by atoms with E-state index in [0.717, 1.165) is 5.56 Å². The fourth-order valence-corrected chi connectivity index (χ4v) is 2.40. The van der Waals surface area contributed by atoms with E-state index in [2.05, 4.69) is 20.6 Å². The summed E-state index contributed by atoms with van der Waals surface area (Å²) >= 11 is 0. The number of amides is 1. The standard InChI is InChI=1S/C18H19N5O3/c1-12(2)23-16(8-9-19-23)20-17(24)11-26-18(25)15-10-14(21-22-15)13-6-4-3-5-7-13/h3-10,12H,11H2,1-2H3,(H,20,24)(H,21,22). The molecular weight excluding hydrogens is 334 g/mol. The SMILES string of the molecule is CC(C)n1nccc1NC(=O)COC(=O)c1cc(-c2ccccc2)n[nH]1. The first kappa shape index (κ1) is 17.4. The number of rotatable bonds is 6. The Bertz CT molecular complexity index is 898. The van der Waals surface area contributed by atoms with Gasteiger partial charge in [0.15, 0.2) is 6.61 Å². The number of nitrogens with zero attached hydrogens (tertiary/aromatic N) is 3. The zero-order valence-electron chi connectivity index (χ0n) is 14.5. The van der Waals surface area contributed by atoms with Gasteiger partial charge in [0.05, 0.1) is 11.9 Å². The molecule has 1 aromatic carbocycles. The van der Waals surface area contributed by atoms with Crippen molar-refractivity contribution in [2.24, 2.45) is 0 Å². The molecule has 2 aromatic heterocycles. The van der Waals surface area contributed by atoms with Gasteiger partial charge in [0.25, 0.3) is 5.91 Å². The van der Waals surface area contributed by atoms with Crippen LogP contribution < -0.4 is 5.32 Å². The van der Waals surface area contributed by atoms with Crippen molar-refractivity contribution in [1.29, 1.82) is 0 Å². The monoisotopic (exact) mass is 353 g/mol. The van der Waals surface area contributed by atoms with Crippen LogP contribution in [0.5, 0.6) is 0 Å². The first-order chi connectivity index (χ1) is 12.5. The van der Waals surface area contributed by atoms with E-state index < -0.39 is 18.5 Å². The Labute approximate surface area is 150 Å². The summed E-state index contributed by atoms with van der Waals surface area (Å²) in [5.74, 6) is -0.537. The lowest BCUT2D eigenvalue weighted by atomic mass is 10.1. The molecule has 2 N–H and O–H groups in total. The summed E-state index contributed by atoms with van der Waals surface area (Å²) < 4.78 is 6.70. The number of aromatic nitrogens is 4. The smallest absolute Gasteiger partial charge is 0.356 e. The molecule has 0 aliphatic heterocycles. The summed E-state index contributed by atoms with van der Waals surface area (Å²) in [4.78, 5) is 24.1. The van der Waals surface area contributed by atoms with Gasteiger partial charge in [-0.15, -0.1) is 0 Å². The molecule has 2 heterocycles. The number of hydrogen-bond donors (Lipinski definition) is 2. The highest BCUT2D eigenvalue weighted by molar-refractivity contribution is 5.94. The lowest BCUT2D eigenvalue weighted by Crippen LogP contribution is -2.23. The highest BCUT2D eigenvalue weighted by atomic mass is 16.5. The Morgan fingerprint density at radius 3 is 2.73 bits per heavy atom. The highest BCUT2D eigenvalue weighted by Crippen LogP contribution is 2.17. The largest absolute Gasteiger partial charge is 0.451 e. The zero-order chi connectivity index (χ0) is 18.5. The third-order valence-electron chi connectivity index (χ3n) is 3.63. The predicted octanol–water partition coefficient (Wildman–Crippen LogP) is 2.65. The lowest BCUT2D eigenvalue weighted by molar-refractivity contribution is -0.119. The molecule has 0 saturated heterocycles. The number of aromatic amines is 1. The van der Waals surface area contributed by atoms with E-state index in [-0.39, 0.29) is 11.7 Å². The molecule has 134 valence electrons. The van der Waals surface area contributed by atoms with E-state index in [4.69, 9.17) is 4.74 Å². The maximum absolute atomic E-state index is 12.1. The quantitative estimate of drug-likeness (QED) is 0.663. The molecule has 0 bridgehead atoms. The van der Waals surface area contributed by atoms with Crippen molar-refractivity contribution in [3.8, 4) is 11.3 Å². The average molecular weight is 353 g/mol. The van der Waals surface area contributed by atoms with Gasteiger partial charge in [-0.1, -0.05) is 30.3 Å². The fourth-order valence-electron chi connectivity index (χ4n) is 2.40. The van der Waals surface area contributed by atoms with Gasteiger partial charge in [-0.2, -0.15) is 10.2 Å². The molecule has 0 saturated carbocycles. The second-order valence-electron chi connectivity index (χ2n) is 5.91. The molecule has 8 heteroatoms. The molecule has 8 nitrogen and oxygen atoms in total. The van der Waals surface area contributed by atoms with Crippen LogP contribution in [0.15, 0.2) is 48.7 Å². The van der Waals surface area contributed by atoms with Crippen molar-refractivity contribution in [2.45, 2.75) is 19.9 Å². The summed E-state index contributed by atoms with van der Waals surface area (Å²) in [7, 11) is 0. The average Bonchev–Trinajstić information content (AvgIpc) is 3.30. The number of anilines is 1. The second-order valence-corrected chi connectivity index (χ2v) is 5.91. The molecule has 0 fully saturated rings. The van der Waals surface area contributed by atoms with Gasteiger partial charge in [0.1, 0.15) is 11.5 Å². The molecule has 0 aliphatic rings. The zero-order valence-corrected chi connectivity index (χ0v) is 14.5. The van der Waals surface area contributed by atoms with Crippen molar-refractivity contribution >= 4 is 17.7 Å². The number of H-pyrrole nitrogens is 1. The minimum atomic E-state index is -0.646. The van der Waals surface area contributed by atoms with E-state index in [9.17, 15) is 9.59 Å². The maximum atomic E-state index is 12.1. The van der Waals surface area contributed by atoms with Crippen molar-refractivity contribution in [3.63, 3.8) is 0 Å². The van der Waals surface area contributed by atoms with Crippen LogP contribution in [0.1, 0.15) is 30.4 Å². The summed E-state index contributed by atoms with van der Waals surface area (Å²) in [6, 6.07) is 12.8. The lowest BCUT2D eigenvalue weighted by Gasteiger charge is -2.11. The van der Waals surface area contributed by atoms with Gasteiger partial charge in [-0.05, 0) is 19.9 Å². The Hall–Kier alpha value is -3.42. The normalized spacial score (nSPS) is 10.7. The van der Waals surface area contributed by atoms with Gasteiger partial charge in [-0.25, -0.2) is 9.48 Å². The van der Waals surface area contributed by atoms with Gasteiger partial charge in [0, 0.05) is 17.7 Å². The van der Waals surface area contributed by atoms with E-state index >= 15 is 0 Å². The Balaban J connectivity index is 1.56. The van der Waals surface area contributed by atoms with Gasteiger partial charge in [0.2, 0.25) is 0 Å². The van der Waals surface area contributed by atoms with Crippen LogP contribution in [-0.4, -0.2) is 38.5 Å². The van der Waals surface area contributed by atoms with Crippen molar-refractivity contribution in [2.75, 3.05) is 11.9 Å². The van der Waals surface area contributed by atoms with Crippen molar-refractivity contribution in [1.82, 2.24) is 20.0 Å². The number of carbonyl (C=O) groups is 2. The summed E-state index contributed by atoms with van der Waals surface area (Å²) in [5.41, 5.74) is 1.69. The van der Waals surface area contributed by atoms with E-state index in [0.29, 0.717) is 11.5 Å². The molecular formula is C18H19N5O3. The molecule has 0 spiro atoms. The molecule has 0 unspecified atom stereocenters. The second kappa shape index (κ2) is 7.64. The summed E-state index contributed by atoms with van der Waals surface area (Å²) in [6.45, 7) is 3.50. The van der Waals surface area contributed by atoms with Crippen LogP contribution in [0.2, 0.25) is 0 Å². The van der Waals surface area contributed by atoms with Crippen LogP contribution in [-0.2, 0) is 9.53 Å². The first-order valence-corrected chi connectivity index (χ1v) is 8.16. The third-order valence-corrected chi connectivity index (χ3v) is 3.63. The molecule has 3 rings (SSSR count). The van der Waals surface area contributed by atoms with E-state index in [1.54, 1.807) is 23.0 Å². The number of benzene rings is 1. The van der Waals surface area contributed by atoms with E-state index in [1.165, 1.54) is 0 Å². The van der Waals surface area contributed by atoms with Crippen LogP contribution in [0.3, 0.4) is 0 Å². The van der Waals surface area contributed by atoms with Gasteiger partial charge >= 0.3 is 5.97 Å². The minimum Gasteiger partial charge on any atom is -0.451 e. The molecule has 1 amide bonds. The molecule has 0 aliphatic carbocycles. The Morgan fingerprint density at radius 1 is 1.23 bits per heavy atom. The molecule has 3 aromatic rings.